The van der Waals surface area contributed by atoms with Crippen LogP contribution in [0.5, 0.6) is 0 Å². The molecule has 3 N–H and O–H groups in total. The lowest BCUT2D eigenvalue weighted by Crippen LogP contribution is -2.27. The van der Waals surface area contributed by atoms with Crippen molar-refractivity contribution >= 4 is 19.7 Å². The van der Waals surface area contributed by atoms with Gasteiger partial charge in [-0.15, -0.1) is 0 Å². The molecule has 2 unspecified atom stereocenters. The SMILES string of the molecule is CCCCCCCCCCCCCCCCCCCCCCCC(=O)OCC(O)COP(=O)(O)OCCNC(=O)CCCCCC. The van der Waals surface area contributed by atoms with E-state index >= 15 is 0 Å². The van der Waals surface area contributed by atoms with Gasteiger partial charge in [-0.05, 0) is 12.8 Å². The van der Waals surface area contributed by atoms with Crippen molar-refractivity contribution in [2.24, 2.45) is 0 Å². The van der Waals surface area contributed by atoms with Gasteiger partial charge in [-0.3, -0.25) is 18.6 Å². The van der Waals surface area contributed by atoms with Crippen LogP contribution in [-0.4, -0.2) is 54.3 Å². The van der Waals surface area contributed by atoms with Crippen LogP contribution in [0.25, 0.3) is 0 Å². The number of phosphoric ester groups is 1. The number of carbonyl (C=O) groups excluding carboxylic acids is 2. The van der Waals surface area contributed by atoms with E-state index in [2.05, 4.69) is 19.2 Å². The second-order valence-corrected chi connectivity index (χ2v) is 14.4. The number of phosphoric acid groups is 1. The molecule has 46 heavy (non-hydrogen) atoms. The summed E-state index contributed by atoms with van der Waals surface area (Å²) in [7, 11) is -4.39. The Balaban J connectivity index is 3.48. The molecule has 0 aliphatic carbocycles. The van der Waals surface area contributed by atoms with Crippen LogP contribution in [0.2, 0.25) is 0 Å². The highest BCUT2D eigenvalue weighted by Gasteiger charge is 2.23. The maximum atomic E-state index is 11.9. The Hall–Kier alpha value is -0.990. The molecule has 0 aliphatic rings. The van der Waals surface area contributed by atoms with Gasteiger partial charge in [0, 0.05) is 19.4 Å². The van der Waals surface area contributed by atoms with E-state index in [1.807, 2.05) is 0 Å². The van der Waals surface area contributed by atoms with Crippen LogP contribution >= 0.6 is 7.82 Å². The maximum absolute atomic E-state index is 11.9. The number of ether oxygens (including phenoxy) is 1. The fourth-order valence-corrected chi connectivity index (χ4v) is 6.14. The lowest BCUT2D eigenvalue weighted by molar-refractivity contribution is -0.147. The van der Waals surface area contributed by atoms with E-state index in [-0.39, 0.29) is 25.7 Å². The van der Waals surface area contributed by atoms with E-state index in [0.717, 1.165) is 44.9 Å². The van der Waals surface area contributed by atoms with Crippen molar-refractivity contribution in [2.45, 2.75) is 193 Å². The first-order chi connectivity index (χ1) is 22.3. The highest BCUT2D eigenvalue weighted by Crippen LogP contribution is 2.42. The zero-order valence-corrected chi connectivity index (χ0v) is 30.7. The van der Waals surface area contributed by atoms with E-state index in [0.29, 0.717) is 12.8 Å². The fraction of sp³-hybridized carbons (Fsp3) is 0.944. The zero-order valence-electron chi connectivity index (χ0n) is 29.8. The van der Waals surface area contributed by atoms with Gasteiger partial charge in [0.1, 0.15) is 12.7 Å². The standard InChI is InChI=1S/C36H72NO8P/c1-3-5-7-9-10-11-12-13-14-15-16-17-18-19-20-21-22-23-24-25-27-29-36(40)43-32-34(38)33-45-46(41,42)44-31-30-37-35(39)28-26-8-6-4-2/h34,38H,3-33H2,1-2H3,(H,37,39)(H,41,42). The zero-order chi connectivity index (χ0) is 34.0. The van der Waals surface area contributed by atoms with Crippen LogP contribution in [0.15, 0.2) is 0 Å². The van der Waals surface area contributed by atoms with Crippen LogP contribution in [-0.2, 0) is 27.9 Å². The molecule has 0 aromatic rings. The molecule has 9 nitrogen and oxygen atoms in total. The lowest BCUT2D eigenvalue weighted by Gasteiger charge is -2.15. The fourth-order valence-electron chi connectivity index (χ4n) is 5.38. The topological polar surface area (TPSA) is 131 Å². The first kappa shape index (κ1) is 45.0. The number of rotatable bonds is 36. The van der Waals surface area contributed by atoms with Gasteiger partial charge in [-0.25, -0.2) is 4.57 Å². The molecule has 0 heterocycles. The normalized spacial score (nSPS) is 13.4. The number of hydrogen-bond donors (Lipinski definition) is 3. The van der Waals surface area contributed by atoms with Gasteiger partial charge in [0.25, 0.3) is 0 Å². The van der Waals surface area contributed by atoms with E-state index in [9.17, 15) is 24.2 Å². The number of nitrogens with one attached hydrogen (secondary N) is 1. The smallest absolute Gasteiger partial charge is 0.463 e. The number of hydrogen-bond acceptors (Lipinski definition) is 7. The van der Waals surface area contributed by atoms with Crippen molar-refractivity contribution in [1.82, 2.24) is 5.32 Å². The summed E-state index contributed by atoms with van der Waals surface area (Å²) in [6.45, 7) is 3.44. The summed E-state index contributed by atoms with van der Waals surface area (Å²) < 4.78 is 26.6. The van der Waals surface area contributed by atoms with Crippen LogP contribution in [0.3, 0.4) is 0 Å². The van der Waals surface area contributed by atoms with E-state index in [1.54, 1.807) is 0 Å². The van der Waals surface area contributed by atoms with E-state index < -0.39 is 26.5 Å². The molecule has 0 rings (SSSR count). The minimum Gasteiger partial charge on any atom is -0.463 e. The van der Waals surface area contributed by atoms with Gasteiger partial charge in [-0.2, -0.15) is 0 Å². The summed E-state index contributed by atoms with van der Waals surface area (Å²) in [6.07, 6.45) is 31.0. The second kappa shape index (κ2) is 33.9. The van der Waals surface area contributed by atoms with Gasteiger partial charge in [-0.1, -0.05) is 162 Å². The maximum Gasteiger partial charge on any atom is 0.472 e. The van der Waals surface area contributed by atoms with Crippen molar-refractivity contribution in [3.63, 3.8) is 0 Å². The molecule has 2 atom stereocenters. The highest BCUT2D eigenvalue weighted by atomic mass is 31.2. The average molecular weight is 678 g/mol. The van der Waals surface area contributed by atoms with Crippen molar-refractivity contribution in [3.05, 3.63) is 0 Å². The highest BCUT2D eigenvalue weighted by molar-refractivity contribution is 7.47. The molecule has 0 saturated heterocycles. The predicted molar refractivity (Wildman–Crippen MR) is 188 cm³/mol. The van der Waals surface area contributed by atoms with Gasteiger partial charge >= 0.3 is 13.8 Å². The Morgan fingerprint density at radius 3 is 1.43 bits per heavy atom. The minimum atomic E-state index is -4.39. The van der Waals surface area contributed by atoms with Gasteiger partial charge < -0.3 is 20.1 Å². The Kier molecular flexibility index (Phi) is 33.2. The Morgan fingerprint density at radius 1 is 0.587 bits per heavy atom. The van der Waals surface area contributed by atoms with Crippen LogP contribution in [0, 0.1) is 0 Å². The summed E-state index contributed by atoms with van der Waals surface area (Å²) in [5.74, 6) is -0.526. The summed E-state index contributed by atoms with van der Waals surface area (Å²) >= 11 is 0. The molecule has 0 aromatic carbocycles. The van der Waals surface area contributed by atoms with Gasteiger partial charge in [0.2, 0.25) is 5.91 Å². The molecule has 10 heteroatoms. The van der Waals surface area contributed by atoms with Crippen molar-refractivity contribution in [2.75, 3.05) is 26.4 Å². The molecule has 0 radical (unpaired) electrons. The first-order valence-corrected chi connectivity index (χ1v) is 20.5. The number of aliphatic hydroxyl groups excluding tert-OH is 1. The molecular formula is C36H72NO8P. The van der Waals surface area contributed by atoms with Crippen LogP contribution < -0.4 is 5.32 Å². The third-order valence-corrected chi connectivity index (χ3v) is 9.27. The van der Waals surface area contributed by atoms with Crippen molar-refractivity contribution in [1.29, 1.82) is 0 Å². The lowest BCUT2D eigenvalue weighted by atomic mass is 10.0. The Bertz CT molecular complexity index is 739. The molecule has 1 amide bonds. The summed E-state index contributed by atoms with van der Waals surface area (Å²) in [5.41, 5.74) is 0. The average Bonchev–Trinajstić information content (AvgIpc) is 3.04. The Morgan fingerprint density at radius 2 is 0.978 bits per heavy atom. The molecule has 0 aliphatic heterocycles. The third-order valence-electron chi connectivity index (χ3n) is 8.29. The summed E-state index contributed by atoms with van der Waals surface area (Å²) in [5, 5.41) is 12.6. The molecule has 0 saturated carbocycles. The summed E-state index contributed by atoms with van der Waals surface area (Å²) in [4.78, 5) is 33.4. The molecule has 274 valence electrons. The third kappa shape index (κ3) is 34.3. The molecule has 0 aromatic heterocycles. The van der Waals surface area contributed by atoms with Crippen molar-refractivity contribution in [3.8, 4) is 0 Å². The minimum absolute atomic E-state index is 0.0836. The van der Waals surface area contributed by atoms with E-state index in [4.69, 9.17) is 13.8 Å². The monoisotopic (exact) mass is 677 g/mol. The molecule has 0 bridgehead atoms. The van der Waals surface area contributed by atoms with Gasteiger partial charge in [0.15, 0.2) is 0 Å². The summed E-state index contributed by atoms with van der Waals surface area (Å²) in [6, 6.07) is 0. The van der Waals surface area contributed by atoms with Crippen molar-refractivity contribution < 1.29 is 37.9 Å². The van der Waals surface area contributed by atoms with E-state index in [1.165, 1.54) is 116 Å². The predicted octanol–water partition coefficient (Wildman–Crippen LogP) is 9.71. The number of amides is 1. The Labute approximate surface area is 282 Å². The first-order valence-electron chi connectivity index (χ1n) is 19.0. The number of carbonyl (C=O) groups is 2. The molecule has 0 fully saturated rings. The number of aliphatic hydroxyl groups is 1. The largest absolute Gasteiger partial charge is 0.472 e. The van der Waals surface area contributed by atoms with Gasteiger partial charge in [0.05, 0.1) is 13.2 Å². The quantitative estimate of drug-likeness (QED) is 0.0339. The molecule has 0 spiro atoms. The number of esters is 1. The van der Waals surface area contributed by atoms with Crippen LogP contribution in [0.1, 0.15) is 187 Å². The molecular weight excluding hydrogens is 605 g/mol. The van der Waals surface area contributed by atoms with Crippen LogP contribution in [0.4, 0.5) is 0 Å². The second-order valence-electron chi connectivity index (χ2n) is 12.9. The number of unbranched alkanes of at least 4 members (excludes halogenated alkanes) is 23.